The van der Waals surface area contributed by atoms with Crippen molar-refractivity contribution in [2.75, 3.05) is 50.7 Å². The van der Waals surface area contributed by atoms with Crippen LogP contribution in [0.1, 0.15) is 25.7 Å². The molecule has 1 aromatic rings. The van der Waals surface area contributed by atoms with Gasteiger partial charge in [-0.05, 0) is 50.4 Å². The molecule has 0 spiro atoms. The van der Waals surface area contributed by atoms with Gasteiger partial charge in [0.05, 0.1) is 0 Å². The maximum Gasteiger partial charge on any atom is 0.314 e. The highest BCUT2D eigenvalue weighted by molar-refractivity contribution is 5.73. The summed E-state index contributed by atoms with van der Waals surface area (Å²) in [7, 11) is 0. The molecular weight excluding hydrogens is 300 g/mol. The standard InChI is InChI=1S/C19H30N4O/c24-19(20-10-14-22-11-5-2-6-12-22)21-15-17-9-13-23(16-17)18-7-3-1-4-8-18/h1,3-4,7-8,17H,2,5-6,9-16H2,(H2,20,21,24)/t17-/m0/s1. The van der Waals surface area contributed by atoms with Gasteiger partial charge in [0.1, 0.15) is 0 Å². The Bertz CT molecular complexity index is 501. The molecule has 24 heavy (non-hydrogen) atoms. The predicted molar refractivity (Wildman–Crippen MR) is 98.5 cm³/mol. The lowest BCUT2D eigenvalue weighted by Gasteiger charge is -2.26. The first kappa shape index (κ1) is 17.1. The Hall–Kier alpha value is -1.75. The fourth-order valence-electron chi connectivity index (χ4n) is 3.68. The summed E-state index contributed by atoms with van der Waals surface area (Å²) in [4.78, 5) is 16.8. The molecule has 2 aliphatic rings. The maximum absolute atomic E-state index is 11.9. The molecule has 2 aliphatic heterocycles. The van der Waals surface area contributed by atoms with Crippen molar-refractivity contribution in [2.45, 2.75) is 25.7 Å². The van der Waals surface area contributed by atoms with Crippen LogP contribution in [0, 0.1) is 5.92 Å². The molecule has 5 heteroatoms. The zero-order chi connectivity index (χ0) is 16.6. The van der Waals surface area contributed by atoms with E-state index in [2.05, 4.69) is 44.7 Å². The van der Waals surface area contributed by atoms with E-state index in [9.17, 15) is 4.79 Å². The molecular formula is C19H30N4O. The summed E-state index contributed by atoms with van der Waals surface area (Å²) in [5.41, 5.74) is 1.28. The number of carbonyl (C=O) groups excluding carboxylic acids is 1. The van der Waals surface area contributed by atoms with E-state index in [4.69, 9.17) is 0 Å². The Labute approximate surface area is 145 Å². The number of para-hydroxylation sites is 1. The van der Waals surface area contributed by atoms with Crippen molar-refractivity contribution >= 4 is 11.7 Å². The van der Waals surface area contributed by atoms with Crippen molar-refractivity contribution in [1.29, 1.82) is 0 Å². The lowest BCUT2D eigenvalue weighted by atomic mass is 10.1. The van der Waals surface area contributed by atoms with Crippen LogP contribution in [0.3, 0.4) is 0 Å². The molecule has 0 unspecified atom stereocenters. The molecule has 2 N–H and O–H groups in total. The van der Waals surface area contributed by atoms with Gasteiger partial charge in [0, 0.05) is 38.4 Å². The third-order valence-corrected chi connectivity index (χ3v) is 5.12. The Morgan fingerprint density at radius 3 is 2.62 bits per heavy atom. The topological polar surface area (TPSA) is 47.6 Å². The van der Waals surface area contributed by atoms with Crippen molar-refractivity contribution in [3.63, 3.8) is 0 Å². The Kier molecular flexibility index (Phi) is 6.35. The van der Waals surface area contributed by atoms with Crippen LogP contribution in [0.2, 0.25) is 0 Å². The van der Waals surface area contributed by atoms with Crippen LogP contribution in [0.4, 0.5) is 10.5 Å². The molecule has 5 nitrogen and oxygen atoms in total. The maximum atomic E-state index is 11.9. The monoisotopic (exact) mass is 330 g/mol. The fraction of sp³-hybridized carbons (Fsp3) is 0.632. The van der Waals surface area contributed by atoms with Crippen LogP contribution < -0.4 is 15.5 Å². The number of anilines is 1. The van der Waals surface area contributed by atoms with Crippen molar-refractivity contribution in [3.8, 4) is 0 Å². The van der Waals surface area contributed by atoms with Gasteiger partial charge in [0.25, 0.3) is 0 Å². The molecule has 0 aromatic heterocycles. The molecule has 0 radical (unpaired) electrons. The number of amides is 2. The predicted octanol–water partition coefficient (Wildman–Crippen LogP) is 2.30. The van der Waals surface area contributed by atoms with Gasteiger partial charge in [-0.1, -0.05) is 24.6 Å². The summed E-state index contributed by atoms with van der Waals surface area (Å²) in [6.07, 6.45) is 5.09. The van der Waals surface area contributed by atoms with Crippen molar-refractivity contribution in [2.24, 2.45) is 5.92 Å². The third-order valence-electron chi connectivity index (χ3n) is 5.12. The second-order valence-corrected chi connectivity index (χ2v) is 6.98. The molecule has 2 heterocycles. The second kappa shape index (κ2) is 8.92. The molecule has 1 atom stereocenters. The number of likely N-dealkylation sites (tertiary alicyclic amines) is 1. The lowest BCUT2D eigenvalue weighted by molar-refractivity contribution is 0.220. The lowest BCUT2D eigenvalue weighted by Crippen LogP contribution is -2.43. The van der Waals surface area contributed by atoms with Gasteiger partial charge >= 0.3 is 6.03 Å². The van der Waals surface area contributed by atoms with E-state index in [1.807, 2.05) is 6.07 Å². The van der Waals surface area contributed by atoms with Crippen LogP contribution in [0.15, 0.2) is 30.3 Å². The number of nitrogens with zero attached hydrogens (tertiary/aromatic N) is 2. The zero-order valence-corrected chi connectivity index (χ0v) is 14.5. The molecule has 132 valence electrons. The molecule has 2 amide bonds. The SMILES string of the molecule is O=C(NCCN1CCCCC1)NC[C@@H]1CCN(c2ccccc2)C1. The molecule has 3 rings (SSSR count). The summed E-state index contributed by atoms with van der Waals surface area (Å²) >= 11 is 0. The first-order chi connectivity index (χ1) is 11.8. The zero-order valence-electron chi connectivity index (χ0n) is 14.5. The van der Waals surface area contributed by atoms with E-state index < -0.39 is 0 Å². The molecule has 1 aromatic carbocycles. The highest BCUT2D eigenvalue weighted by Gasteiger charge is 2.22. The average Bonchev–Trinajstić information content (AvgIpc) is 3.11. The van der Waals surface area contributed by atoms with Gasteiger partial charge < -0.3 is 20.4 Å². The number of hydrogen-bond donors (Lipinski definition) is 2. The van der Waals surface area contributed by atoms with Crippen molar-refractivity contribution < 1.29 is 4.79 Å². The number of hydrogen-bond acceptors (Lipinski definition) is 3. The van der Waals surface area contributed by atoms with E-state index >= 15 is 0 Å². The van der Waals surface area contributed by atoms with Crippen molar-refractivity contribution in [3.05, 3.63) is 30.3 Å². The van der Waals surface area contributed by atoms with Crippen LogP contribution >= 0.6 is 0 Å². The quantitative estimate of drug-likeness (QED) is 0.841. The average molecular weight is 330 g/mol. The highest BCUT2D eigenvalue weighted by Crippen LogP contribution is 2.22. The number of carbonyl (C=O) groups is 1. The summed E-state index contributed by atoms with van der Waals surface area (Å²) in [5.74, 6) is 0.540. The van der Waals surface area contributed by atoms with Crippen LogP contribution in [-0.4, -0.2) is 56.7 Å². The minimum absolute atomic E-state index is 0.0230. The Morgan fingerprint density at radius 1 is 1.04 bits per heavy atom. The summed E-state index contributed by atoms with van der Waals surface area (Å²) in [5, 5.41) is 6.03. The van der Waals surface area contributed by atoms with Gasteiger partial charge in [-0.25, -0.2) is 4.79 Å². The summed E-state index contributed by atoms with van der Waals surface area (Å²) in [6, 6.07) is 10.5. The molecule has 2 fully saturated rings. The molecule has 0 aliphatic carbocycles. The van der Waals surface area contributed by atoms with Crippen LogP contribution in [0.5, 0.6) is 0 Å². The van der Waals surface area contributed by atoms with Gasteiger partial charge in [-0.15, -0.1) is 0 Å². The summed E-state index contributed by atoms with van der Waals surface area (Å²) < 4.78 is 0. The minimum atomic E-state index is -0.0230. The van der Waals surface area contributed by atoms with E-state index in [1.54, 1.807) is 0 Å². The molecule has 2 saturated heterocycles. The Balaban J connectivity index is 1.29. The van der Waals surface area contributed by atoms with Crippen LogP contribution in [0.25, 0.3) is 0 Å². The second-order valence-electron chi connectivity index (χ2n) is 6.98. The number of nitrogens with one attached hydrogen (secondary N) is 2. The number of rotatable bonds is 6. The fourth-order valence-corrected chi connectivity index (χ4v) is 3.68. The van der Waals surface area contributed by atoms with E-state index in [-0.39, 0.29) is 6.03 Å². The van der Waals surface area contributed by atoms with E-state index in [0.717, 1.165) is 39.1 Å². The van der Waals surface area contributed by atoms with Gasteiger partial charge in [-0.2, -0.15) is 0 Å². The van der Waals surface area contributed by atoms with Crippen LogP contribution in [-0.2, 0) is 0 Å². The third kappa shape index (κ3) is 5.13. The first-order valence-electron chi connectivity index (χ1n) is 9.35. The smallest absolute Gasteiger partial charge is 0.314 e. The number of benzene rings is 1. The molecule has 0 saturated carbocycles. The first-order valence-corrected chi connectivity index (χ1v) is 9.35. The van der Waals surface area contributed by atoms with Gasteiger partial charge in [-0.3, -0.25) is 0 Å². The number of piperidine rings is 1. The summed E-state index contributed by atoms with van der Waals surface area (Å²) in [6.45, 7) is 6.94. The van der Waals surface area contributed by atoms with E-state index in [1.165, 1.54) is 38.0 Å². The Morgan fingerprint density at radius 2 is 1.83 bits per heavy atom. The molecule has 0 bridgehead atoms. The minimum Gasteiger partial charge on any atom is -0.371 e. The highest BCUT2D eigenvalue weighted by atomic mass is 16.2. The normalized spacial score (nSPS) is 21.7. The van der Waals surface area contributed by atoms with E-state index in [0.29, 0.717) is 5.92 Å². The van der Waals surface area contributed by atoms with Crippen molar-refractivity contribution in [1.82, 2.24) is 15.5 Å². The number of urea groups is 1. The van der Waals surface area contributed by atoms with Gasteiger partial charge in [0.2, 0.25) is 0 Å². The largest absolute Gasteiger partial charge is 0.371 e. The van der Waals surface area contributed by atoms with Gasteiger partial charge in [0.15, 0.2) is 0 Å².